The highest BCUT2D eigenvalue weighted by Gasteiger charge is 2.18. The van der Waals surface area contributed by atoms with E-state index in [1.54, 1.807) is 29.9 Å². The van der Waals surface area contributed by atoms with Crippen LogP contribution in [0.2, 0.25) is 5.15 Å². The maximum atomic E-state index is 12.7. The second-order valence-electron chi connectivity index (χ2n) is 6.57. The summed E-state index contributed by atoms with van der Waals surface area (Å²) in [7, 11) is -3.89. The molecule has 3 aromatic heterocycles. The molecular formula is C20H16ClN7O3S. The van der Waals surface area contributed by atoms with Crippen molar-refractivity contribution in [1.82, 2.24) is 25.0 Å². The number of aromatic nitrogens is 5. The number of hydrogen-bond acceptors (Lipinski definition) is 7. The van der Waals surface area contributed by atoms with Crippen LogP contribution < -0.4 is 10.0 Å². The van der Waals surface area contributed by atoms with E-state index in [1.807, 2.05) is 6.07 Å². The lowest BCUT2D eigenvalue weighted by atomic mass is 10.2. The third-order valence-corrected chi connectivity index (χ3v) is 5.99. The molecule has 1 amide bonds. The fraction of sp³-hybridized carbons (Fsp3) is 0.0500. The second-order valence-corrected chi connectivity index (χ2v) is 8.64. The van der Waals surface area contributed by atoms with Crippen LogP contribution in [0.5, 0.6) is 0 Å². The highest BCUT2D eigenvalue weighted by molar-refractivity contribution is 7.92. The standard InChI is InChI=1S/C20H16ClN7O3S/c1-13-16(12-23-28(13)19-4-2-3-11-22-19)20(29)24-14-5-7-15(8-6-14)32(30,31)27-18-10-9-17(21)25-26-18/h2-12H,1H3,(H,24,29)(H,26,27). The summed E-state index contributed by atoms with van der Waals surface area (Å²) < 4.78 is 28.9. The number of sulfonamides is 1. The number of pyridine rings is 1. The minimum absolute atomic E-state index is 0.00796. The molecule has 0 unspecified atom stereocenters. The van der Waals surface area contributed by atoms with Crippen molar-refractivity contribution in [3.63, 3.8) is 0 Å². The van der Waals surface area contributed by atoms with Gasteiger partial charge in [0, 0.05) is 11.9 Å². The van der Waals surface area contributed by atoms with Gasteiger partial charge in [0.2, 0.25) is 0 Å². The van der Waals surface area contributed by atoms with Gasteiger partial charge >= 0.3 is 0 Å². The Morgan fingerprint density at radius 3 is 2.47 bits per heavy atom. The molecule has 0 atom stereocenters. The average molecular weight is 470 g/mol. The molecule has 0 fully saturated rings. The van der Waals surface area contributed by atoms with Gasteiger partial charge in [-0.15, -0.1) is 10.2 Å². The zero-order chi connectivity index (χ0) is 22.7. The Morgan fingerprint density at radius 2 is 1.81 bits per heavy atom. The van der Waals surface area contributed by atoms with Gasteiger partial charge in [-0.05, 0) is 55.5 Å². The van der Waals surface area contributed by atoms with Crippen molar-refractivity contribution in [2.45, 2.75) is 11.8 Å². The zero-order valence-corrected chi connectivity index (χ0v) is 18.2. The van der Waals surface area contributed by atoms with Gasteiger partial charge in [-0.3, -0.25) is 9.52 Å². The van der Waals surface area contributed by atoms with E-state index in [9.17, 15) is 13.2 Å². The van der Waals surface area contributed by atoms with Crippen molar-refractivity contribution in [1.29, 1.82) is 0 Å². The number of carbonyl (C=O) groups is 1. The molecule has 12 heteroatoms. The minimum Gasteiger partial charge on any atom is -0.322 e. The summed E-state index contributed by atoms with van der Waals surface area (Å²) >= 11 is 5.65. The first-order valence-corrected chi connectivity index (χ1v) is 11.1. The minimum atomic E-state index is -3.89. The Kier molecular flexibility index (Phi) is 5.84. The predicted molar refractivity (Wildman–Crippen MR) is 118 cm³/mol. The third kappa shape index (κ3) is 4.58. The van der Waals surface area contributed by atoms with Crippen molar-refractivity contribution in [3.05, 3.63) is 83.4 Å². The lowest BCUT2D eigenvalue weighted by molar-refractivity contribution is 0.102. The van der Waals surface area contributed by atoms with Crippen LogP contribution >= 0.6 is 11.6 Å². The summed E-state index contributed by atoms with van der Waals surface area (Å²) in [5, 5.41) is 14.4. The van der Waals surface area contributed by atoms with E-state index in [0.717, 1.165) is 0 Å². The number of carbonyl (C=O) groups excluding carboxylic acids is 1. The van der Waals surface area contributed by atoms with Crippen LogP contribution in [0.1, 0.15) is 16.1 Å². The molecule has 4 aromatic rings. The maximum absolute atomic E-state index is 12.7. The van der Waals surface area contributed by atoms with E-state index >= 15 is 0 Å². The summed E-state index contributed by atoms with van der Waals surface area (Å²) in [6.07, 6.45) is 3.09. The molecule has 2 N–H and O–H groups in total. The van der Waals surface area contributed by atoms with Gasteiger partial charge in [0.25, 0.3) is 15.9 Å². The summed E-state index contributed by atoms with van der Waals surface area (Å²) in [5.74, 6) is 0.249. The number of rotatable bonds is 6. The van der Waals surface area contributed by atoms with Crippen molar-refractivity contribution >= 4 is 39.0 Å². The zero-order valence-electron chi connectivity index (χ0n) is 16.6. The fourth-order valence-electron chi connectivity index (χ4n) is 2.83. The molecule has 0 aliphatic heterocycles. The first-order valence-electron chi connectivity index (χ1n) is 9.23. The third-order valence-electron chi connectivity index (χ3n) is 4.41. The largest absolute Gasteiger partial charge is 0.322 e. The molecule has 0 radical (unpaired) electrons. The van der Waals surface area contributed by atoms with Gasteiger partial charge in [-0.1, -0.05) is 17.7 Å². The molecule has 0 aliphatic rings. The molecule has 162 valence electrons. The molecule has 0 saturated carbocycles. The van der Waals surface area contributed by atoms with Gasteiger partial charge in [-0.25, -0.2) is 18.1 Å². The molecule has 0 bridgehead atoms. The predicted octanol–water partition coefficient (Wildman–Crippen LogP) is 3.07. The van der Waals surface area contributed by atoms with Crippen LogP contribution in [0.15, 0.2) is 71.9 Å². The highest BCUT2D eigenvalue weighted by atomic mass is 35.5. The van der Waals surface area contributed by atoms with Gasteiger partial charge in [0.15, 0.2) is 16.8 Å². The molecule has 1 aromatic carbocycles. The van der Waals surface area contributed by atoms with Crippen LogP contribution in [0.25, 0.3) is 5.82 Å². The maximum Gasteiger partial charge on any atom is 0.263 e. The molecule has 0 saturated heterocycles. The Morgan fingerprint density at radius 1 is 1.03 bits per heavy atom. The van der Waals surface area contributed by atoms with E-state index in [2.05, 4.69) is 30.3 Å². The molecule has 10 nitrogen and oxygen atoms in total. The number of benzene rings is 1. The Labute approximate surface area is 188 Å². The van der Waals surface area contributed by atoms with Crippen molar-refractivity contribution < 1.29 is 13.2 Å². The lowest BCUT2D eigenvalue weighted by Gasteiger charge is -2.09. The SMILES string of the molecule is Cc1c(C(=O)Nc2ccc(S(=O)(=O)Nc3ccc(Cl)nn3)cc2)cnn1-c1ccccn1. The molecule has 0 spiro atoms. The number of halogens is 1. The average Bonchev–Trinajstić information content (AvgIpc) is 3.17. The second kappa shape index (κ2) is 8.73. The quantitative estimate of drug-likeness (QED) is 0.443. The lowest BCUT2D eigenvalue weighted by Crippen LogP contribution is -2.15. The van der Waals surface area contributed by atoms with Crippen LogP contribution in [0.3, 0.4) is 0 Å². The van der Waals surface area contributed by atoms with Crippen LogP contribution in [0.4, 0.5) is 11.5 Å². The van der Waals surface area contributed by atoms with E-state index in [1.165, 1.54) is 42.6 Å². The van der Waals surface area contributed by atoms with Crippen molar-refractivity contribution in [2.75, 3.05) is 10.0 Å². The van der Waals surface area contributed by atoms with Crippen LogP contribution in [-0.4, -0.2) is 39.3 Å². The number of nitrogens with one attached hydrogen (secondary N) is 2. The van der Waals surface area contributed by atoms with Crippen molar-refractivity contribution in [3.8, 4) is 5.82 Å². The molecular weight excluding hydrogens is 454 g/mol. The van der Waals surface area contributed by atoms with Gasteiger partial charge < -0.3 is 5.32 Å². The Hall–Kier alpha value is -3.83. The summed E-state index contributed by atoms with van der Waals surface area (Å²) in [6, 6.07) is 13.9. The Balaban J connectivity index is 1.47. The molecule has 3 heterocycles. The monoisotopic (exact) mass is 469 g/mol. The van der Waals surface area contributed by atoms with Crippen LogP contribution in [-0.2, 0) is 10.0 Å². The summed E-state index contributed by atoms with van der Waals surface area (Å²) in [5.41, 5.74) is 1.41. The molecule has 4 rings (SSSR count). The summed E-state index contributed by atoms with van der Waals surface area (Å²) in [4.78, 5) is 16.9. The first kappa shape index (κ1) is 21.4. The van der Waals surface area contributed by atoms with Crippen LogP contribution in [0, 0.1) is 6.92 Å². The normalized spacial score (nSPS) is 11.2. The van der Waals surface area contributed by atoms with Crippen molar-refractivity contribution in [2.24, 2.45) is 0 Å². The highest BCUT2D eigenvalue weighted by Crippen LogP contribution is 2.19. The van der Waals surface area contributed by atoms with Gasteiger partial charge in [-0.2, -0.15) is 5.10 Å². The number of amides is 1. The van der Waals surface area contributed by atoms with E-state index in [-0.39, 0.29) is 21.8 Å². The van der Waals surface area contributed by atoms with E-state index < -0.39 is 10.0 Å². The van der Waals surface area contributed by atoms with E-state index in [4.69, 9.17) is 11.6 Å². The number of nitrogens with zero attached hydrogens (tertiary/aromatic N) is 5. The molecule has 0 aliphatic carbocycles. The topological polar surface area (TPSA) is 132 Å². The summed E-state index contributed by atoms with van der Waals surface area (Å²) in [6.45, 7) is 1.76. The Bertz CT molecular complexity index is 1360. The van der Waals surface area contributed by atoms with E-state index in [0.29, 0.717) is 22.8 Å². The molecule has 32 heavy (non-hydrogen) atoms. The number of hydrogen-bond donors (Lipinski definition) is 2. The smallest absolute Gasteiger partial charge is 0.263 e. The van der Waals surface area contributed by atoms with Gasteiger partial charge in [0.1, 0.15) is 0 Å². The van der Waals surface area contributed by atoms with Gasteiger partial charge in [0.05, 0.1) is 22.3 Å². The number of anilines is 2. The fourth-order valence-corrected chi connectivity index (χ4v) is 3.92. The first-order chi connectivity index (χ1) is 15.3.